The minimum atomic E-state index is -0.759. The molecule has 0 unspecified atom stereocenters. The molecule has 1 atom stereocenters. The van der Waals surface area contributed by atoms with E-state index in [1.54, 1.807) is 0 Å². The predicted octanol–water partition coefficient (Wildman–Crippen LogP) is 8.30. The van der Waals surface area contributed by atoms with Gasteiger partial charge in [0.1, 0.15) is 6.61 Å². The number of hydrogen-bond acceptors (Lipinski definition) is 5. The molecule has 5 heteroatoms. The molecule has 0 spiro atoms. The molecular weight excluding hydrogens is 440 g/mol. The van der Waals surface area contributed by atoms with Gasteiger partial charge < -0.3 is 14.6 Å². The van der Waals surface area contributed by atoms with Crippen LogP contribution in [0.15, 0.2) is 0 Å². The largest absolute Gasteiger partial charge is 0.462 e. The van der Waals surface area contributed by atoms with Crippen LogP contribution in [0.5, 0.6) is 0 Å². The van der Waals surface area contributed by atoms with E-state index in [2.05, 4.69) is 20.8 Å². The maximum absolute atomic E-state index is 12.0. The van der Waals surface area contributed by atoms with Crippen LogP contribution in [0.4, 0.5) is 0 Å². The molecule has 208 valence electrons. The van der Waals surface area contributed by atoms with Gasteiger partial charge in [0.05, 0.1) is 6.61 Å². The van der Waals surface area contributed by atoms with Crippen molar-refractivity contribution >= 4 is 11.9 Å². The van der Waals surface area contributed by atoms with E-state index in [0.717, 1.165) is 44.4 Å². The monoisotopic (exact) mass is 498 g/mol. The van der Waals surface area contributed by atoms with Crippen LogP contribution in [-0.2, 0) is 19.1 Å². The minimum Gasteiger partial charge on any atom is -0.462 e. The molecule has 0 saturated heterocycles. The van der Waals surface area contributed by atoms with Gasteiger partial charge in [0.25, 0.3) is 0 Å². The first kappa shape index (κ1) is 33.9. The molecule has 0 fully saturated rings. The number of hydrogen-bond donors (Lipinski definition) is 1. The summed E-state index contributed by atoms with van der Waals surface area (Å²) >= 11 is 0. The van der Waals surface area contributed by atoms with Gasteiger partial charge >= 0.3 is 11.9 Å². The summed E-state index contributed by atoms with van der Waals surface area (Å²) in [7, 11) is 0. The number of rotatable bonds is 26. The van der Waals surface area contributed by atoms with E-state index in [0.29, 0.717) is 12.8 Å². The molecule has 0 aromatic rings. The minimum absolute atomic E-state index is 0.0599. The van der Waals surface area contributed by atoms with Crippen LogP contribution in [0.3, 0.4) is 0 Å². The van der Waals surface area contributed by atoms with Crippen molar-refractivity contribution in [1.29, 1.82) is 0 Å². The average molecular weight is 499 g/mol. The average Bonchev–Trinajstić information content (AvgIpc) is 2.83. The van der Waals surface area contributed by atoms with E-state index in [9.17, 15) is 14.7 Å². The molecule has 5 nitrogen and oxygen atoms in total. The fraction of sp³-hybridized carbons (Fsp3) is 0.933. The van der Waals surface area contributed by atoms with E-state index >= 15 is 0 Å². The van der Waals surface area contributed by atoms with E-state index in [1.165, 1.54) is 83.5 Å². The first-order chi connectivity index (χ1) is 17.0. The summed E-state index contributed by atoms with van der Waals surface area (Å²) in [4.78, 5) is 23.9. The molecule has 0 aliphatic rings. The lowest BCUT2D eigenvalue weighted by atomic mass is 10.0. The molecule has 0 rings (SSSR count). The van der Waals surface area contributed by atoms with Gasteiger partial charge in [-0.2, -0.15) is 0 Å². The standard InChI is InChI=1S/C30H58O5/c1-4-5-6-7-8-9-10-14-17-20-23-29(32)34-26-28(25-31)35-30(33)24-21-18-15-12-11-13-16-19-22-27(2)3/h27-28,31H,4-26H2,1-3H3/t28-/m0/s1. The maximum atomic E-state index is 12.0. The molecule has 0 heterocycles. The Labute approximate surface area is 217 Å². The highest BCUT2D eigenvalue weighted by molar-refractivity contribution is 5.70. The van der Waals surface area contributed by atoms with Crippen molar-refractivity contribution in [3.05, 3.63) is 0 Å². The second kappa shape index (κ2) is 26.0. The number of esters is 2. The molecule has 0 aromatic heterocycles. The van der Waals surface area contributed by atoms with E-state index < -0.39 is 6.10 Å². The highest BCUT2D eigenvalue weighted by Crippen LogP contribution is 2.14. The maximum Gasteiger partial charge on any atom is 0.306 e. The summed E-state index contributed by atoms with van der Waals surface area (Å²) in [5.41, 5.74) is 0. The third-order valence-corrected chi connectivity index (χ3v) is 6.58. The lowest BCUT2D eigenvalue weighted by Gasteiger charge is -2.15. The van der Waals surface area contributed by atoms with Crippen molar-refractivity contribution in [2.75, 3.05) is 13.2 Å². The van der Waals surface area contributed by atoms with Crippen molar-refractivity contribution < 1.29 is 24.2 Å². The van der Waals surface area contributed by atoms with Gasteiger partial charge in [-0.15, -0.1) is 0 Å². The molecule has 0 bridgehead atoms. The summed E-state index contributed by atoms with van der Waals surface area (Å²) in [6.07, 6.45) is 23.0. The zero-order chi connectivity index (χ0) is 26.0. The smallest absolute Gasteiger partial charge is 0.306 e. The molecule has 0 saturated carbocycles. The van der Waals surface area contributed by atoms with Crippen LogP contribution < -0.4 is 0 Å². The normalized spacial score (nSPS) is 12.1. The molecular formula is C30H58O5. The van der Waals surface area contributed by atoms with Gasteiger partial charge in [0.15, 0.2) is 6.10 Å². The van der Waals surface area contributed by atoms with Crippen LogP contribution in [0, 0.1) is 5.92 Å². The first-order valence-electron chi connectivity index (χ1n) is 15.0. The second-order valence-electron chi connectivity index (χ2n) is 10.7. The lowest BCUT2D eigenvalue weighted by molar-refractivity contribution is -0.161. The Kier molecular flexibility index (Phi) is 25.2. The summed E-state index contributed by atoms with van der Waals surface area (Å²) in [6, 6.07) is 0. The summed E-state index contributed by atoms with van der Waals surface area (Å²) in [5.74, 6) is 0.216. The Morgan fingerprint density at radius 3 is 1.51 bits per heavy atom. The van der Waals surface area contributed by atoms with Crippen molar-refractivity contribution in [1.82, 2.24) is 0 Å². The molecule has 35 heavy (non-hydrogen) atoms. The van der Waals surface area contributed by atoms with Gasteiger partial charge in [-0.3, -0.25) is 9.59 Å². The summed E-state index contributed by atoms with van der Waals surface area (Å²) < 4.78 is 10.5. The fourth-order valence-corrected chi connectivity index (χ4v) is 4.27. The molecule has 0 radical (unpaired) electrons. The topological polar surface area (TPSA) is 72.8 Å². The lowest BCUT2D eigenvalue weighted by Crippen LogP contribution is -2.28. The zero-order valence-corrected chi connectivity index (χ0v) is 23.5. The van der Waals surface area contributed by atoms with Crippen LogP contribution in [-0.4, -0.2) is 36.4 Å². The van der Waals surface area contributed by atoms with Gasteiger partial charge in [-0.1, -0.05) is 130 Å². The highest BCUT2D eigenvalue weighted by atomic mass is 16.6. The Bertz CT molecular complexity index is 477. The number of carbonyl (C=O) groups is 2. The number of aliphatic hydroxyl groups is 1. The van der Waals surface area contributed by atoms with Crippen molar-refractivity contribution in [2.24, 2.45) is 5.92 Å². The highest BCUT2D eigenvalue weighted by Gasteiger charge is 2.16. The Balaban J connectivity index is 3.59. The van der Waals surface area contributed by atoms with Crippen LogP contribution >= 0.6 is 0 Å². The van der Waals surface area contributed by atoms with Gasteiger partial charge in [0.2, 0.25) is 0 Å². The van der Waals surface area contributed by atoms with Crippen molar-refractivity contribution in [2.45, 2.75) is 162 Å². The quantitative estimate of drug-likeness (QED) is 0.0959. The Morgan fingerprint density at radius 2 is 1.06 bits per heavy atom. The van der Waals surface area contributed by atoms with Crippen LogP contribution in [0.1, 0.15) is 156 Å². The molecule has 0 aromatic carbocycles. The third kappa shape index (κ3) is 25.8. The van der Waals surface area contributed by atoms with Crippen LogP contribution in [0.25, 0.3) is 0 Å². The summed E-state index contributed by atoms with van der Waals surface area (Å²) in [5, 5.41) is 9.44. The Hall–Kier alpha value is -1.10. The van der Waals surface area contributed by atoms with E-state index in [-0.39, 0.29) is 25.2 Å². The number of unbranched alkanes of at least 4 members (excludes halogenated alkanes) is 16. The number of carbonyl (C=O) groups excluding carboxylic acids is 2. The predicted molar refractivity (Wildman–Crippen MR) is 145 cm³/mol. The molecule has 0 aliphatic carbocycles. The molecule has 0 amide bonds. The van der Waals surface area contributed by atoms with Gasteiger partial charge in [-0.05, 0) is 18.8 Å². The second-order valence-corrected chi connectivity index (χ2v) is 10.7. The van der Waals surface area contributed by atoms with E-state index in [4.69, 9.17) is 9.47 Å². The Morgan fingerprint density at radius 1 is 0.629 bits per heavy atom. The number of ether oxygens (including phenoxy) is 2. The number of aliphatic hydroxyl groups excluding tert-OH is 1. The van der Waals surface area contributed by atoms with Crippen molar-refractivity contribution in [3.8, 4) is 0 Å². The third-order valence-electron chi connectivity index (χ3n) is 6.58. The first-order valence-corrected chi connectivity index (χ1v) is 15.0. The SMILES string of the molecule is CCCCCCCCCCCCC(=O)OC[C@H](CO)OC(=O)CCCCCCCCCCC(C)C. The van der Waals surface area contributed by atoms with Gasteiger partial charge in [0, 0.05) is 12.8 Å². The van der Waals surface area contributed by atoms with Crippen LogP contribution in [0.2, 0.25) is 0 Å². The van der Waals surface area contributed by atoms with Gasteiger partial charge in [-0.25, -0.2) is 0 Å². The molecule has 0 aliphatic heterocycles. The fourth-order valence-electron chi connectivity index (χ4n) is 4.27. The summed E-state index contributed by atoms with van der Waals surface area (Å²) in [6.45, 7) is 6.41. The zero-order valence-electron chi connectivity index (χ0n) is 23.5. The molecule has 1 N–H and O–H groups in total. The van der Waals surface area contributed by atoms with Crippen molar-refractivity contribution in [3.63, 3.8) is 0 Å². The van der Waals surface area contributed by atoms with E-state index in [1.807, 2.05) is 0 Å².